The van der Waals surface area contributed by atoms with Crippen LogP contribution in [0, 0.1) is 0 Å². The van der Waals surface area contributed by atoms with Crippen LogP contribution in [0.3, 0.4) is 0 Å². The van der Waals surface area contributed by atoms with E-state index >= 15 is 0 Å². The van der Waals surface area contributed by atoms with E-state index in [4.69, 9.17) is 9.47 Å². The monoisotopic (exact) mass is 606 g/mol. The zero-order chi connectivity index (χ0) is 28.2. The van der Waals surface area contributed by atoms with Crippen LogP contribution in [-0.2, 0) is 9.47 Å². The van der Waals surface area contributed by atoms with Crippen LogP contribution in [0.15, 0.2) is 42.5 Å². The van der Waals surface area contributed by atoms with Crippen LogP contribution in [0.2, 0.25) is 0 Å². The molecule has 0 N–H and O–H groups in total. The third kappa shape index (κ3) is 4.44. The van der Waals surface area contributed by atoms with E-state index < -0.39 is 26.8 Å². The maximum absolute atomic E-state index is 14.9. The second-order valence-electron chi connectivity index (χ2n) is 14.8. The number of carbonyl (C=O) groups is 1. The van der Waals surface area contributed by atoms with Gasteiger partial charge in [0, 0.05) is 5.56 Å². The molecule has 7 aliphatic rings. The van der Waals surface area contributed by atoms with Gasteiger partial charge in [-0.15, -0.1) is 0 Å². The van der Waals surface area contributed by atoms with Crippen molar-refractivity contribution in [2.24, 2.45) is 0 Å². The van der Waals surface area contributed by atoms with E-state index in [9.17, 15) is 4.79 Å². The summed E-state index contributed by atoms with van der Waals surface area (Å²) in [6, 6.07) is 10.2. The quantitative estimate of drug-likeness (QED) is 0.128. The van der Waals surface area contributed by atoms with E-state index in [-0.39, 0.29) is 17.2 Å². The van der Waals surface area contributed by atoms with Crippen molar-refractivity contribution in [2.45, 2.75) is 173 Å². The van der Waals surface area contributed by atoms with E-state index in [2.05, 4.69) is 12.2 Å². The van der Waals surface area contributed by atoms with Gasteiger partial charge in [0.05, 0.1) is 0 Å². The van der Waals surface area contributed by atoms with E-state index in [1.807, 2.05) is 30.3 Å². The van der Waals surface area contributed by atoms with Gasteiger partial charge in [-0.05, 0) is 80.1 Å². The van der Waals surface area contributed by atoms with Crippen LogP contribution in [0.1, 0.15) is 139 Å². The summed E-state index contributed by atoms with van der Waals surface area (Å²) in [7, 11) is -0.922. The predicted molar refractivity (Wildman–Crippen MR) is 175 cm³/mol. The highest BCUT2D eigenvalue weighted by Gasteiger charge is 2.94. The average Bonchev–Trinajstić information content (AvgIpc) is 3.97. The van der Waals surface area contributed by atoms with Crippen LogP contribution < -0.4 is 0 Å². The second-order valence-corrected chi connectivity index (χ2v) is 20.6. The van der Waals surface area contributed by atoms with Crippen molar-refractivity contribution in [1.29, 1.82) is 0 Å². The minimum atomic E-state index is -0.814. The molecule has 0 radical (unpaired) electrons. The predicted octanol–water partition coefficient (Wildman–Crippen LogP) is 10.3. The fourth-order valence-electron chi connectivity index (χ4n) is 10.5. The summed E-state index contributed by atoms with van der Waals surface area (Å²) in [6.07, 6.45) is 32.2. The molecule has 1 aromatic carbocycles. The maximum atomic E-state index is 14.9. The Kier molecular flexibility index (Phi) is 8.00. The molecule has 4 atom stereocenters. The standard InChI is InChI=1S/C37H52O3P2/c38-34(28-16-6-1-7-17-28)35-27-26-33-36(39-33,41(29-18-8-2-9-19-29)30-20-10-3-11-21-30)37(35,40-35)42(31-22-12-4-13-23-31)32-24-14-5-15-25-32/h1,6-7,16-17,26-27,29-33H,2-5,8-15,18-25H2. The summed E-state index contributed by atoms with van der Waals surface area (Å²) in [5, 5.41) is -0.640. The number of ether oxygens (including phenoxy) is 2. The van der Waals surface area contributed by atoms with E-state index in [0.717, 1.165) is 28.2 Å². The zero-order valence-corrected chi connectivity index (χ0v) is 27.5. The Morgan fingerprint density at radius 1 is 0.619 bits per heavy atom. The van der Waals surface area contributed by atoms with Crippen molar-refractivity contribution in [1.82, 2.24) is 0 Å². The lowest BCUT2D eigenvalue weighted by Gasteiger charge is -2.50. The summed E-state index contributed by atoms with van der Waals surface area (Å²) in [4.78, 5) is 14.9. The summed E-state index contributed by atoms with van der Waals surface area (Å²) in [6.45, 7) is 0. The van der Waals surface area contributed by atoms with Gasteiger partial charge in [0.2, 0.25) is 5.78 Å². The molecular formula is C37H52O3P2. The third-order valence-corrected chi connectivity index (χ3v) is 20.7. The van der Waals surface area contributed by atoms with Crippen molar-refractivity contribution in [3.05, 3.63) is 48.0 Å². The molecule has 6 fully saturated rings. The van der Waals surface area contributed by atoms with E-state index in [1.165, 1.54) is 128 Å². The minimum Gasteiger partial charge on any atom is -0.353 e. The second kappa shape index (κ2) is 11.6. The van der Waals surface area contributed by atoms with Crippen molar-refractivity contribution in [3.8, 4) is 0 Å². The van der Waals surface area contributed by atoms with Gasteiger partial charge in [0.1, 0.15) is 6.10 Å². The highest BCUT2D eigenvalue weighted by atomic mass is 31.1. The Bertz CT molecular complexity index is 1110. The fourth-order valence-corrected chi connectivity index (χ4v) is 20.7. The lowest BCUT2D eigenvalue weighted by molar-refractivity contribution is 0.0909. The summed E-state index contributed by atoms with van der Waals surface area (Å²) < 4.78 is 14.9. The molecule has 4 saturated carbocycles. The van der Waals surface area contributed by atoms with E-state index in [1.54, 1.807) is 0 Å². The van der Waals surface area contributed by atoms with Crippen LogP contribution >= 0.6 is 15.8 Å². The first-order chi connectivity index (χ1) is 20.7. The number of hydrogen-bond donors (Lipinski definition) is 0. The number of fused-ring (bicyclic) bond motifs is 3. The van der Waals surface area contributed by atoms with Crippen LogP contribution in [0.5, 0.6) is 0 Å². The van der Waals surface area contributed by atoms with Crippen LogP contribution in [0.4, 0.5) is 0 Å². The zero-order valence-electron chi connectivity index (χ0n) is 25.7. The lowest BCUT2D eigenvalue weighted by Crippen LogP contribution is -2.50. The Labute approximate surface area is 256 Å². The number of epoxide rings is 2. The first-order valence-electron chi connectivity index (χ1n) is 18.0. The van der Waals surface area contributed by atoms with E-state index in [0.29, 0.717) is 0 Å². The topological polar surface area (TPSA) is 42.1 Å². The molecule has 8 rings (SSSR count). The Hall–Kier alpha value is -0.590. The highest BCUT2D eigenvalue weighted by molar-refractivity contribution is 7.66. The van der Waals surface area contributed by atoms with Gasteiger partial charge < -0.3 is 9.47 Å². The normalized spacial score (nSPS) is 37.9. The molecule has 0 amide bonds. The summed E-state index contributed by atoms with van der Waals surface area (Å²) in [5.41, 5.74) is 3.05. The SMILES string of the molecule is O=C(c1ccccc1)C12C=CC3OC3(P(C3CCCCC3)C3CCCCC3)C1(P(C1CCCCC1)C1CCCCC1)O2. The number of rotatable bonds is 8. The summed E-state index contributed by atoms with van der Waals surface area (Å²) >= 11 is 0. The molecule has 5 heteroatoms. The molecular weight excluding hydrogens is 554 g/mol. The first-order valence-corrected chi connectivity index (χ1v) is 20.9. The lowest BCUT2D eigenvalue weighted by atomic mass is 9.87. The molecule has 2 heterocycles. The van der Waals surface area contributed by atoms with Crippen molar-refractivity contribution >= 4 is 21.6 Å². The Morgan fingerprint density at radius 3 is 1.55 bits per heavy atom. The molecule has 42 heavy (non-hydrogen) atoms. The number of carbonyl (C=O) groups excluding carboxylic acids is 1. The van der Waals surface area contributed by atoms with Gasteiger partial charge in [-0.3, -0.25) is 4.79 Å². The molecule has 3 nitrogen and oxygen atoms in total. The summed E-state index contributed by atoms with van der Waals surface area (Å²) in [5.74, 6) is 0.231. The number of hydrogen-bond acceptors (Lipinski definition) is 3. The minimum absolute atomic E-state index is 0.170. The molecule has 228 valence electrons. The van der Waals surface area contributed by atoms with Crippen LogP contribution in [-0.4, -0.2) is 50.8 Å². The number of benzene rings is 1. The highest BCUT2D eigenvalue weighted by Crippen LogP contribution is 2.91. The first kappa shape index (κ1) is 28.9. The molecule has 1 aromatic rings. The van der Waals surface area contributed by atoms with Crippen LogP contribution in [0.25, 0.3) is 0 Å². The molecule has 0 bridgehead atoms. The van der Waals surface area contributed by atoms with Crippen molar-refractivity contribution in [3.63, 3.8) is 0 Å². The van der Waals surface area contributed by atoms with Crippen molar-refractivity contribution in [2.75, 3.05) is 0 Å². The molecule has 4 unspecified atom stereocenters. The van der Waals surface area contributed by atoms with Gasteiger partial charge in [0.25, 0.3) is 0 Å². The smallest absolute Gasteiger partial charge is 0.202 e. The fraction of sp³-hybridized carbons (Fsp3) is 0.757. The van der Waals surface area contributed by atoms with Gasteiger partial charge in [0.15, 0.2) is 16.3 Å². The molecule has 2 aliphatic heterocycles. The van der Waals surface area contributed by atoms with Gasteiger partial charge in [-0.2, -0.15) is 0 Å². The van der Waals surface area contributed by atoms with Crippen molar-refractivity contribution < 1.29 is 14.3 Å². The molecule has 5 aliphatic carbocycles. The Balaban J connectivity index is 1.30. The van der Waals surface area contributed by atoms with Gasteiger partial charge in [-0.25, -0.2) is 0 Å². The maximum Gasteiger partial charge on any atom is 0.202 e. The molecule has 0 spiro atoms. The average molecular weight is 607 g/mol. The van der Waals surface area contributed by atoms with Gasteiger partial charge in [-0.1, -0.05) is 129 Å². The van der Waals surface area contributed by atoms with Gasteiger partial charge >= 0.3 is 0 Å². The molecule has 2 saturated heterocycles. The largest absolute Gasteiger partial charge is 0.353 e. The number of ketones is 1. The molecule has 0 aromatic heterocycles. The third-order valence-electron chi connectivity index (χ3n) is 12.4. The number of Topliss-reactive ketones (excluding diaryl/α,β-unsaturated/α-hetero) is 1. The Morgan fingerprint density at radius 2 is 1.07 bits per heavy atom.